The highest BCUT2D eigenvalue weighted by Crippen LogP contribution is 2.10. The first kappa shape index (κ1) is 19.6. The molecule has 0 aromatic heterocycles. The van der Waals surface area contributed by atoms with E-state index in [1.165, 1.54) is 57.8 Å². The van der Waals surface area contributed by atoms with E-state index in [9.17, 15) is 4.79 Å². The lowest BCUT2D eigenvalue weighted by Gasteiger charge is -2.09. The highest BCUT2D eigenvalue weighted by molar-refractivity contribution is 6.20. The van der Waals surface area contributed by atoms with E-state index in [0.29, 0.717) is 13.0 Å². The highest BCUT2D eigenvalue weighted by atomic mass is 35.5. The fourth-order valence-corrected chi connectivity index (χ4v) is 2.12. The molecule has 1 N–H and O–H groups in total. The minimum Gasteiger partial charge on any atom is -0.430 e. The van der Waals surface area contributed by atoms with Crippen LogP contribution in [0.15, 0.2) is 0 Å². The summed E-state index contributed by atoms with van der Waals surface area (Å²) < 4.78 is 4.91. The largest absolute Gasteiger partial charge is 0.430 e. The predicted molar refractivity (Wildman–Crippen MR) is 86.3 cm³/mol. The normalized spacial score (nSPS) is 12.2. The predicted octanol–water partition coefficient (Wildman–Crippen LogP) is 5.61. The molecule has 0 rings (SSSR count). The molecule has 0 radical (unpaired) electrons. The van der Waals surface area contributed by atoms with Gasteiger partial charge in [-0.25, -0.2) is 4.79 Å². The first-order chi connectivity index (χ1) is 9.70. The molecule has 1 unspecified atom stereocenters. The zero-order chi connectivity index (χ0) is 15.1. The van der Waals surface area contributed by atoms with Crippen LogP contribution < -0.4 is 5.32 Å². The molecule has 0 bridgehead atoms. The molecule has 0 aromatic rings. The number of hydrogen-bond donors (Lipinski definition) is 1. The van der Waals surface area contributed by atoms with Crippen molar-refractivity contribution in [3.8, 4) is 0 Å². The molecule has 3 nitrogen and oxygen atoms in total. The Bertz CT molecular complexity index is 225. The highest BCUT2D eigenvalue weighted by Gasteiger charge is 2.07. The topological polar surface area (TPSA) is 38.3 Å². The molecule has 0 aliphatic rings. The molecule has 120 valence electrons. The fraction of sp³-hybridized carbons (Fsp3) is 0.938. The third-order valence-corrected chi connectivity index (χ3v) is 3.75. The molecule has 0 fully saturated rings. The van der Waals surface area contributed by atoms with Gasteiger partial charge in [0.25, 0.3) is 0 Å². The van der Waals surface area contributed by atoms with Crippen molar-refractivity contribution in [1.82, 2.24) is 5.32 Å². The third-order valence-electron chi connectivity index (χ3n) is 3.36. The molecular weight excluding hydrogens is 274 g/mol. The second-order valence-corrected chi connectivity index (χ2v) is 5.82. The lowest BCUT2D eigenvalue weighted by Crippen LogP contribution is -2.27. The first-order valence-electron chi connectivity index (χ1n) is 8.29. The van der Waals surface area contributed by atoms with Gasteiger partial charge in [-0.3, -0.25) is 0 Å². The van der Waals surface area contributed by atoms with Gasteiger partial charge in [-0.05, 0) is 12.8 Å². The zero-order valence-corrected chi connectivity index (χ0v) is 14.0. The Morgan fingerprint density at radius 1 is 0.950 bits per heavy atom. The minimum absolute atomic E-state index is 0.400. The van der Waals surface area contributed by atoms with Crippen LogP contribution in [0, 0.1) is 0 Å². The first-order valence-corrected chi connectivity index (χ1v) is 8.72. The summed E-state index contributed by atoms with van der Waals surface area (Å²) in [5.41, 5.74) is -0.511. The second-order valence-electron chi connectivity index (χ2n) is 5.33. The van der Waals surface area contributed by atoms with Gasteiger partial charge in [0.2, 0.25) is 0 Å². The molecule has 1 atom stereocenters. The van der Waals surface area contributed by atoms with E-state index in [4.69, 9.17) is 16.3 Å². The van der Waals surface area contributed by atoms with Crippen LogP contribution in [0.3, 0.4) is 0 Å². The van der Waals surface area contributed by atoms with Crippen molar-refractivity contribution in [2.75, 3.05) is 6.54 Å². The van der Waals surface area contributed by atoms with Crippen molar-refractivity contribution in [2.45, 2.75) is 90.0 Å². The smallest absolute Gasteiger partial charge is 0.408 e. The number of amides is 1. The van der Waals surface area contributed by atoms with Gasteiger partial charge in [-0.1, -0.05) is 83.2 Å². The van der Waals surface area contributed by atoms with Gasteiger partial charge in [0.15, 0.2) is 5.56 Å². The summed E-state index contributed by atoms with van der Waals surface area (Å²) in [6.45, 7) is 4.81. The Kier molecular flexibility index (Phi) is 14.6. The summed E-state index contributed by atoms with van der Waals surface area (Å²) in [5.74, 6) is 0. The van der Waals surface area contributed by atoms with Crippen LogP contribution >= 0.6 is 11.6 Å². The third kappa shape index (κ3) is 14.0. The van der Waals surface area contributed by atoms with Crippen LogP contribution in [-0.4, -0.2) is 18.2 Å². The maximum absolute atomic E-state index is 11.3. The van der Waals surface area contributed by atoms with E-state index in [-0.39, 0.29) is 0 Å². The van der Waals surface area contributed by atoms with Crippen LogP contribution in [0.25, 0.3) is 0 Å². The quantitative estimate of drug-likeness (QED) is 0.355. The summed E-state index contributed by atoms with van der Waals surface area (Å²) in [6.07, 6.45) is 13.2. The van der Waals surface area contributed by atoms with Gasteiger partial charge in [-0.2, -0.15) is 0 Å². The molecule has 20 heavy (non-hydrogen) atoms. The molecule has 0 aliphatic heterocycles. The molecule has 0 spiro atoms. The number of hydrogen-bond acceptors (Lipinski definition) is 2. The van der Waals surface area contributed by atoms with Gasteiger partial charge in [0.05, 0.1) is 0 Å². The summed E-state index contributed by atoms with van der Waals surface area (Å²) in [4.78, 5) is 11.3. The number of carbonyl (C=O) groups excluding carboxylic acids is 1. The van der Waals surface area contributed by atoms with Gasteiger partial charge in [0.1, 0.15) is 0 Å². The summed E-state index contributed by atoms with van der Waals surface area (Å²) >= 11 is 5.72. The monoisotopic (exact) mass is 305 g/mol. The SMILES string of the molecule is CCCCCCCCCCCCNC(=O)OC(Cl)CC. The maximum Gasteiger partial charge on any atom is 0.408 e. The standard InChI is InChI=1S/C16H32ClNO2/c1-3-5-6-7-8-9-10-11-12-13-14-18-16(19)20-15(17)4-2/h15H,3-14H2,1-2H3,(H,18,19). The lowest BCUT2D eigenvalue weighted by atomic mass is 10.1. The van der Waals surface area contributed by atoms with Crippen LogP contribution in [0.5, 0.6) is 0 Å². The van der Waals surface area contributed by atoms with Crippen molar-refractivity contribution >= 4 is 17.7 Å². The van der Waals surface area contributed by atoms with Crippen molar-refractivity contribution < 1.29 is 9.53 Å². The van der Waals surface area contributed by atoms with Crippen molar-refractivity contribution in [3.63, 3.8) is 0 Å². The fourth-order valence-electron chi connectivity index (χ4n) is 2.04. The van der Waals surface area contributed by atoms with Gasteiger partial charge < -0.3 is 10.1 Å². The minimum atomic E-state index is -0.511. The van der Waals surface area contributed by atoms with Crippen LogP contribution in [-0.2, 0) is 4.74 Å². The Hall–Kier alpha value is -0.440. The molecule has 4 heteroatoms. The van der Waals surface area contributed by atoms with Crippen LogP contribution in [0.2, 0.25) is 0 Å². The number of carbonyl (C=O) groups is 1. The second kappa shape index (κ2) is 15.0. The van der Waals surface area contributed by atoms with E-state index < -0.39 is 11.7 Å². The Morgan fingerprint density at radius 3 is 1.95 bits per heavy atom. The Labute approximate surface area is 129 Å². The average molecular weight is 306 g/mol. The van der Waals surface area contributed by atoms with Crippen LogP contribution in [0.1, 0.15) is 84.5 Å². The summed E-state index contributed by atoms with van der Waals surface area (Å²) in [5, 5.41) is 2.73. The van der Waals surface area contributed by atoms with Crippen molar-refractivity contribution in [2.24, 2.45) is 0 Å². The van der Waals surface area contributed by atoms with Gasteiger partial charge in [0, 0.05) is 6.54 Å². The van der Waals surface area contributed by atoms with Crippen LogP contribution in [0.4, 0.5) is 4.79 Å². The molecule has 0 saturated carbocycles. The van der Waals surface area contributed by atoms with E-state index in [2.05, 4.69) is 12.2 Å². The van der Waals surface area contributed by atoms with Gasteiger partial charge >= 0.3 is 6.09 Å². The van der Waals surface area contributed by atoms with Crippen molar-refractivity contribution in [1.29, 1.82) is 0 Å². The van der Waals surface area contributed by atoms with Gasteiger partial charge in [-0.15, -0.1) is 0 Å². The molecule has 0 aromatic carbocycles. The van der Waals surface area contributed by atoms with E-state index in [1.807, 2.05) is 6.92 Å². The summed E-state index contributed by atoms with van der Waals surface area (Å²) in [6, 6.07) is 0. The zero-order valence-electron chi connectivity index (χ0n) is 13.3. The lowest BCUT2D eigenvalue weighted by molar-refractivity contribution is 0.131. The number of halogens is 1. The molecule has 1 amide bonds. The Morgan fingerprint density at radius 2 is 1.45 bits per heavy atom. The van der Waals surface area contributed by atoms with Crippen molar-refractivity contribution in [3.05, 3.63) is 0 Å². The molecule has 0 saturated heterocycles. The van der Waals surface area contributed by atoms with E-state index >= 15 is 0 Å². The summed E-state index contributed by atoms with van der Waals surface area (Å²) in [7, 11) is 0. The molecule has 0 heterocycles. The number of alkyl halides is 1. The molecule has 0 aliphatic carbocycles. The van der Waals surface area contributed by atoms with E-state index in [0.717, 1.165) is 6.42 Å². The Balaban J connectivity index is 3.14. The van der Waals surface area contributed by atoms with E-state index in [1.54, 1.807) is 0 Å². The number of rotatable bonds is 13. The number of ether oxygens (including phenoxy) is 1. The molecular formula is C16H32ClNO2. The average Bonchev–Trinajstić information content (AvgIpc) is 2.44. The number of alkyl carbamates (subject to hydrolysis) is 1. The number of unbranched alkanes of at least 4 members (excludes halogenated alkanes) is 9. The number of nitrogens with one attached hydrogen (secondary N) is 1. The maximum atomic E-state index is 11.3.